The van der Waals surface area contributed by atoms with Gasteiger partial charge in [0.25, 0.3) is 0 Å². The molecule has 0 atom stereocenters. The number of anilines is 4. The van der Waals surface area contributed by atoms with Crippen molar-refractivity contribution >= 4 is 39.8 Å². The Bertz CT molecular complexity index is 1390. The normalized spacial score (nSPS) is 13.7. The Hall–Kier alpha value is -4.60. The third-order valence-electron chi connectivity index (χ3n) is 6.69. The van der Waals surface area contributed by atoms with Crippen molar-refractivity contribution in [2.24, 2.45) is 5.92 Å². The molecule has 0 radical (unpaired) electrons. The van der Waals surface area contributed by atoms with Crippen LogP contribution in [0.2, 0.25) is 0 Å². The number of nitrogens with zero attached hydrogens (tertiary/aromatic N) is 4. The minimum Gasteiger partial charge on any atom is -0.493 e. The molecule has 1 aliphatic heterocycles. The number of carbonyl (C=O) groups is 1. The minimum absolute atomic E-state index is 0.0351. The van der Waals surface area contributed by atoms with E-state index in [0.29, 0.717) is 54.7 Å². The van der Waals surface area contributed by atoms with E-state index in [1.165, 1.54) is 0 Å². The molecule has 1 aliphatic rings. The van der Waals surface area contributed by atoms with E-state index in [0.717, 1.165) is 22.4 Å². The fourth-order valence-electron chi connectivity index (χ4n) is 4.67. The largest absolute Gasteiger partial charge is 0.493 e. The van der Waals surface area contributed by atoms with E-state index in [-0.39, 0.29) is 11.8 Å². The number of aromatic nitrogens is 3. The van der Waals surface area contributed by atoms with E-state index >= 15 is 0 Å². The molecule has 3 heterocycles. The molecule has 0 saturated carbocycles. The highest BCUT2D eigenvalue weighted by Crippen LogP contribution is 2.40. The maximum Gasteiger partial charge on any atom is 0.227 e. The van der Waals surface area contributed by atoms with E-state index in [9.17, 15) is 4.79 Å². The summed E-state index contributed by atoms with van der Waals surface area (Å²) < 4.78 is 16.1. The quantitative estimate of drug-likeness (QED) is 0.347. The minimum atomic E-state index is -0.114. The molecule has 4 aromatic rings. The molecule has 10 heteroatoms. The summed E-state index contributed by atoms with van der Waals surface area (Å²) in [6.07, 6.45) is 3.18. The predicted octanol–water partition coefficient (Wildman–Crippen LogP) is 4.65. The smallest absolute Gasteiger partial charge is 0.227 e. The van der Waals surface area contributed by atoms with Crippen LogP contribution in [-0.4, -0.2) is 55.5 Å². The molecule has 0 aliphatic carbocycles. The average Bonchev–Trinajstić information content (AvgIpc) is 2.97. The van der Waals surface area contributed by atoms with Crippen LogP contribution in [0.25, 0.3) is 10.8 Å². The van der Waals surface area contributed by atoms with Crippen LogP contribution in [0, 0.1) is 5.92 Å². The van der Waals surface area contributed by atoms with Crippen molar-refractivity contribution < 1.29 is 19.0 Å². The topological polar surface area (TPSA) is 111 Å². The molecule has 0 spiro atoms. The van der Waals surface area contributed by atoms with Gasteiger partial charge in [-0.2, -0.15) is 0 Å². The zero-order valence-corrected chi connectivity index (χ0v) is 21.6. The number of hydrogen-bond donors (Lipinski definition) is 2. The summed E-state index contributed by atoms with van der Waals surface area (Å²) in [4.78, 5) is 19.6. The van der Waals surface area contributed by atoms with Crippen LogP contribution < -0.4 is 29.7 Å². The average molecular weight is 515 g/mol. The molecule has 2 aromatic carbocycles. The Balaban J connectivity index is 1.19. The zero-order valence-electron chi connectivity index (χ0n) is 21.6. The molecule has 1 fully saturated rings. The van der Waals surface area contributed by atoms with Crippen LogP contribution in [0.4, 0.5) is 23.1 Å². The highest BCUT2D eigenvalue weighted by molar-refractivity contribution is 5.94. The predicted molar refractivity (Wildman–Crippen MR) is 147 cm³/mol. The monoisotopic (exact) mass is 514 g/mol. The molecule has 10 nitrogen and oxygen atoms in total. The Morgan fingerprint density at radius 2 is 1.66 bits per heavy atom. The van der Waals surface area contributed by atoms with Crippen LogP contribution in [0.1, 0.15) is 12.8 Å². The van der Waals surface area contributed by atoms with Crippen LogP contribution in [-0.2, 0) is 4.79 Å². The number of benzene rings is 2. The lowest BCUT2D eigenvalue weighted by Gasteiger charge is -2.31. The summed E-state index contributed by atoms with van der Waals surface area (Å²) in [6, 6.07) is 17.3. The molecule has 1 amide bonds. The summed E-state index contributed by atoms with van der Waals surface area (Å²) >= 11 is 0. The first kappa shape index (κ1) is 25.1. The van der Waals surface area contributed by atoms with Gasteiger partial charge in [-0.1, -0.05) is 24.3 Å². The summed E-state index contributed by atoms with van der Waals surface area (Å²) in [7, 11) is 4.64. The summed E-state index contributed by atoms with van der Waals surface area (Å²) in [5, 5.41) is 17.2. The highest BCUT2D eigenvalue weighted by atomic mass is 16.5. The third-order valence-corrected chi connectivity index (χ3v) is 6.69. The SMILES string of the molecule is COc1cc(NC(=O)C2CCN(c3ccc(Nc4nccc5ccccc45)nn3)CC2)cc(OC)c1OC. The highest BCUT2D eigenvalue weighted by Gasteiger charge is 2.26. The van der Waals surface area contributed by atoms with Gasteiger partial charge in [0, 0.05) is 48.4 Å². The number of fused-ring (bicyclic) bond motifs is 1. The van der Waals surface area contributed by atoms with Gasteiger partial charge in [0.2, 0.25) is 11.7 Å². The second-order valence-corrected chi connectivity index (χ2v) is 8.95. The Labute approximate surface area is 220 Å². The molecule has 1 saturated heterocycles. The van der Waals surface area contributed by atoms with E-state index in [4.69, 9.17) is 14.2 Å². The summed E-state index contributed by atoms with van der Waals surface area (Å²) in [5.74, 6) is 3.46. The van der Waals surface area contributed by atoms with Crippen molar-refractivity contribution in [1.82, 2.24) is 15.2 Å². The van der Waals surface area contributed by atoms with E-state index in [1.54, 1.807) is 39.7 Å². The number of ether oxygens (including phenoxy) is 3. The lowest BCUT2D eigenvalue weighted by Crippen LogP contribution is -2.38. The number of rotatable bonds is 8. The second-order valence-electron chi connectivity index (χ2n) is 8.95. The Morgan fingerprint density at radius 1 is 0.921 bits per heavy atom. The van der Waals surface area contributed by atoms with Gasteiger partial charge in [-0.3, -0.25) is 4.79 Å². The first-order chi connectivity index (χ1) is 18.6. The first-order valence-electron chi connectivity index (χ1n) is 12.4. The zero-order chi connectivity index (χ0) is 26.5. The fraction of sp³-hybridized carbons (Fsp3) is 0.286. The molecule has 2 N–H and O–H groups in total. The molecule has 2 aromatic heterocycles. The number of carbonyl (C=O) groups excluding carboxylic acids is 1. The molecule has 5 rings (SSSR count). The van der Waals surface area contributed by atoms with E-state index in [1.807, 2.05) is 42.5 Å². The van der Waals surface area contributed by atoms with Gasteiger partial charge < -0.3 is 29.7 Å². The Kier molecular flexibility index (Phi) is 7.39. The van der Waals surface area contributed by atoms with Crippen molar-refractivity contribution in [1.29, 1.82) is 0 Å². The van der Waals surface area contributed by atoms with Gasteiger partial charge in [-0.05, 0) is 36.4 Å². The molecule has 0 unspecified atom stereocenters. The lowest BCUT2D eigenvalue weighted by molar-refractivity contribution is -0.120. The van der Waals surface area contributed by atoms with Crippen LogP contribution in [0.5, 0.6) is 17.2 Å². The van der Waals surface area contributed by atoms with Crippen LogP contribution in [0.15, 0.2) is 60.8 Å². The number of piperidine rings is 1. The van der Waals surface area contributed by atoms with Gasteiger partial charge in [0.05, 0.1) is 21.3 Å². The second kappa shape index (κ2) is 11.2. The van der Waals surface area contributed by atoms with Crippen LogP contribution in [0.3, 0.4) is 0 Å². The van der Waals surface area contributed by atoms with Gasteiger partial charge >= 0.3 is 0 Å². The van der Waals surface area contributed by atoms with Crippen molar-refractivity contribution in [3.63, 3.8) is 0 Å². The lowest BCUT2D eigenvalue weighted by atomic mass is 9.95. The van der Waals surface area contributed by atoms with Crippen molar-refractivity contribution in [2.75, 3.05) is 50.0 Å². The fourth-order valence-corrected chi connectivity index (χ4v) is 4.67. The molecular formula is C28H30N6O4. The standard InChI is InChI=1S/C28H30N6O4/c1-36-22-16-20(17-23(37-2)26(22)38-3)30-28(35)19-11-14-34(15-12-19)25-9-8-24(32-33-25)31-27-21-7-5-4-6-18(21)10-13-29-27/h4-10,13,16-17,19H,11-12,14-15H2,1-3H3,(H,30,35)(H,29,31,32). The summed E-state index contributed by atoms with van der Waals surface area (Å²) in [6.45, 7) is 1.42. The maximum atomic E-state index is 13.0. The summed E-state index contributed by atoms with van der Waals surface area (Å²) in [5.41, 5.74) is 0.599. The molecule has 38 heavy (non-hydrogen) atoms. The number of hydrogen-bond acceptors (Lipinski definition) is 9. The van der Waals surface area contributed by atoms with E-state index < -0.39 is 0 Å². The Morgan fingerprint density at radius 3 is 2.32 bits per heavy atom. The van der Waals surface area contributed by atoms with Crippen molar-refractivity contribution in [2.45, 2.75) is 12.8 Å². The van der Waals surface area contributed by atoms with E-state index in [2.05, 4.69) is 30.7 Å². The number of amides is 1. The maximum absolute atomic E-state index is 13.0. The number of nitrogens with one attached hydrogen (secondary N) is 2. The molecular weight excluding hydrogens is 484 g/mol. The van der Waals surface area contributed by atoms with Crippen molar-refractivity contribution in [3.05, 3.63) is 60.8 Å². The first-order valence-corrected chi connectivity index (χ1v) is 12.4. The van der Waals surface area contributed by atoms with Gasteiger partial charge in [-0.15, -0.1) is 10.2 Å². The van der Waals surface area contributed by atoms with Crippen molar-refractivity contribution in [3.8, 4) is 17.2 Å². The molecule has 0 bridgehead atoms. The number of methoxy groups -OCH3 is 3. The third kappa shape index (κ3) is 5.24. The van der Waals surface area contributed by atoms with Gasteiger partial charge in [0.15, 0.2) is 23.1 Å². The van der Waals surface area contributed by atoms with Crippen LogP contribution >= 0.6 is 0 Å². The molecule has 196 valence electrons. The van der Waals surface area contributed by atoms with Gasteiger partial charge in [0.1, 0.15) is 5.82 Å². The van der Waals surface area contributed by atoms with Gasteiger partial charge in [-0.25, -0.2) is 4.98 Å². The number of pyridine rings is 1.